The van der Waals surface area contributed by atoms with Crippen LogP contribution in [-0.4, -0.2) is 6.61 Å². The van der Waals surface area contributed by atoms with Gasteiger partial charge in [0.2, 0.25) is 0 Å². The fourth-order valence-electron chi connectivity index (χ4n) is 0.292. The summed E-state index contributed by atoms with van der Waals surface area (Å²) in [4.78, 5) is 4.58. The molecule has 0 fully saturated rings. The molecule has 0 aromatic heterocycles. The van der Waals surface area contributed by atoms with Crippen LogP contribution in [0.5, 0.6) is 0 Å². The van der Waals surface area contributed by atoms with Gasteiger partial charge < -0.3 is 9.57 Å². The SMILES string of the molecule is [CH]1NOC=CCO1. The predicted octanol–water partition coefficient (Wildman–Crippen LogP) is 0.171. The Morgan fingerprint density at radius 2 is 2.57 bits per heavy atom. The molecule has 1 aliphatic rings. The number of hydroxylamine groups is 1. The van der Waals surface area contributed by atoms with Gasteiger partial charge in [-0.15, -0.1) is 5.48 Å². The number of nitrogens with one attached hydrogen (secondary N) is 1. The molecule has 1 rings (SSSR count). The molecule has 0 unspecified atom stereocenters. The molecule has 1 radical (unpaired) electrons. The van der Waals surface area contributed by atoms with Crippen molar-refractivity contribution < 1.29 is 9.57 Å². The van der Waals surface area contributed by atoms with Crippen molar-refractivity contribution in [2.75, 3.05) is 6.61 Å². The monoisotopic (exact) mass is 100 g/mol. The summed E-state index contributed by atoms with van der Waals surface area (Å²) in [6, 6.07) is 0. The molecule has 0 aromatic carbocycles. The fourth-order valence-corrected chi connectivity index (χ4v) is 0.292. The van der Waals surface area contributed by atoms with Gasteiger partial charge >= 0.3 is 0 Å². The lowest BCUT2D eigenvalue weighted by atomic mass is 10.7. The summed E-state index contributed by atoms with van der Waals surface area (Å²) < 4.78 is 4.75. The molecule has 0 saturated carbocycles. The van der Waals surface area contributed by atoms with Gasteiger partial charge in [0.1, 0.15) is 6.26 Å². The largest absolute Gasteiger partial charge is 0.414 e. The summed E-state index contributed by atoms with van der Waals surface area (Å²) in [5.41, 5.74) is 2.41. The van der Waals surface area contributed by atoms with E-state index in [4.69, 9.17) is 4.74 Å². The second kappa shape index (κ2) is 2.60. The highest BCUT2D eigenvalue weighted by atomic mass is 16.7. The fraction of sp³-hybridized carbons (Fsp3) is 0.250. The van der Waals surface area contributed by atoms with Crippen LogP contribution in [0, 0.1) is 6.73 Å². The van der Waals surface area contributed by atoms with Crippen LogP contribution in [0.25, 0.3) is 0 Å². The van der Waals surface area contributed by atoms with Crippen LogP contribution in [0.15, 0.2) is 12.3 Å². The van der Waals surface area contributed by atoms with Crippen LogP contribution < -0.4 is 5.48 Å². The molecule has 0 aliphatic carbocycles. The molecule has 0 spiro atoms. The van der Waals surface area contributed by atoms with Gasteiger partial charge in [-0.3, -0.25) is 0 Å². The number of ether oxygens (including phenoxy) is 1. The van der Waals surface area contributed by atoms with E-state index in [0.717, 1.165) is 0 Å². The van der Waals surface area contributed by atoms with E-state index in [1.54, 1.807) is 6.08 Å². The molecule has 1 aliphatic heterocycles. The lowest BCUT2D eigenvalue weighted by Gasteiger charge is -1.93. The first kappa shape index (κ1) is 4.61. The Labute approximate surface area is 41.9 Å². The topological polar surface area (TPSA) is 30.5 Å². The number of hydrogen-bond donors (Lipinski definition) is 1. The average molecular weight is 100 g/mol. The first-order valence-electron chi connectivity index (χ1n) is 1.99. The Balaban J connectivity index is 2.20. The minimum absolute atomic E-state index is 0.576. The Morgan fingerprint density at radius 3 is 3.57 bits per heavy atom. The Morgan fingerprint density at radius 1 is 1.57 bits per heavy atom. The smallest absolute Gasteiger partial charge is 0.182 e. The van der Waals surface area contributed by atoms with Gasteiger partial charge in [0.25, 0.3) is 0 Å². The van der Waals surface area contributed by atoms with Crippen molar-refractivity contribution in [3.8, 4) is 0 Å². The van der Waals surface area contributed by atoms with E-state index in [1.165, 1.54) is 13.0 Å². The highest BCUT2D eigenvalue weighted by Gasteiger charge is 1.87. The van der Waals surface area contributed by atoms with Gasteiger partial charge in [0.15, 0.2) is 6.73 Å². The van der Waals surface area contributed by atoms with E-state index in [-0.39, 0.29) is 0 Å². The van der Waals surface area contributed by atoms with Crippen LogP contribution in [0.2, 0.25) is 0 Å². The minimum atomic E-state index is 0.576. The predicted molar refractivity (Wildman–Crippen MR) is 23.6 cm³/mol. The van der Waals surface area contributed by atoms with E-state index < -0.39 is 0 Å². The van der Waals surface area contributed by atoms with Crippen molar-refractivity contribution in [2.45, 2.75) is 0 Å². The molecule has 0 saturated heterocycles. The van der Waals surface area contributed by atoms with E-state index in [2.05, 4.69) is 10.3 Å². The zero-order valence-corrected chi connectivity index (χ0v) is 3.76. The molecule has 0 aromatic rings. The third-order valence-electron chi connectivity index (χ3n) is 0.556. The molecule has 0 atom stereocenters. The summed E-state index contributed by atoms with van der Waals surface area (Å²) in [6.07, 6.45) is 3.29. The van der Waals surface area contributed by atoms with E-state index in [1.807, 2.05) is 0 Å². The van der Waals surface area contributed by atoms with Gasteiger partial charge in [-0.05, 0) is 6.08 Å². The van der Waals surface area contributed by atoms with Crippen LogP contribution in [-0.2, 0) is 9.57 Å². The molecule has 7 heavy (non-hydrogen) atoms. The quantitative estimate of drug-likeness (QED) is 0.470. The van der Waals surface area contributed by atoms with E-state index >= 15 is 0 Å². The standard InChI is InChI=1S/C4H6NO2/c1-2-6-4-5-7-3-1/h1,3-5H,2H2. The average Bonchev–Trinajstić information content (AvgIpc) is 1.90. The van der Waals surface area contributed by atoms with Crippen LogP contribution >= 0.6 is 0 Å². The second-order valence-electron chi connectivity index (χ2n) is 1.06. The molecule has 3 nitrogen and oxygen atoms in total. The summed E-state index contributed by atoms with van der Waals surface area (Å²) in [7, 11) is 0. The third-order valence-corrected chi connectivity index (χ3v) is 0.556. The molecule has 3 heteroatoms. The lowest BCUT2D eigenvalue weighted by molar-refractivity contribution is 0.0918. The number of hydrogen-bond acceptors (Lipinski definition) is 3. The van der Waals surface area contributed by atoms with Crippen molar-refractivity contribution in [3.63, 3.8) is 0 Å². The Bertz CT molecular complexity index is 64.1. The van der Waals surface area contributed by atoms with Crippen molar-refractivity contribution in [1.82, 2.24) is 5.48 Å². The van der Waals surface area contributed by atoms with Gasteiger partial charge in [-0.25, -0.2) is 0 Å². The Hall–Kier alpha value is -0.540. The van der Waals surface area contributed by atoms with Crippen molar-refractivity contribution in [2.24, 2.45) is 0 Å². The normalized spacial score (nSPS) is 20.6. The highest BCUT2D eigenvalue weighted by molar-refractivity contribution is 4.74. The Kier molecular flexibility index (Phi) is 1.72. The summed E-state index contributed by atoms with van der Waals surface area (Å²) in [5, 5.41) is 0. The second-order valence-corrected chi connectivity index (χ2v) is 1.06. The maximum Gasteiger partial charge on any atom is 0.182 e. The van der Waals surface area contributed by atoms with Gasteiger partial charge in [-0.1, -0.05) is 0 Å². The molecule has 0 bridgehead atoms. The zero-order chi connectivity index (χ0) is 4.95. The molecular weight excluding hydrogens is 94.0 g/mol. The van der Waals surface area contributed by atoms with Gasteiger partial charge in [-0.2, -0.15) is 0 Å². The van der Waals surface area contributed by atoms with Crippen molar-refractivity contribution >= 4 is 0 Å². The summed E-state index contributed by atoms with van der Waals surface area (Å²) in [5.74, 6) is 0. The first-order chi connectivity index (χ1) is 3.50. The number of rotatable bonds is 0. The maximum atomic E-state index is 4.75. The first-order valence-corrected chi connectivity index (χ1v) is 1.99. The third kappa shape index (κ3) is 1.57. The molecule has 0 amide bonds. The minimum Gasteiger partial charge on any atom is -0.414 e. The molecule has 1 N–H and O–H groups in total. The summed E-state index contributed by atoms with van der Waals surface area (Å²) >= 11 is 0. The van der Waals surface area contributed by atoms with E-state index in [9.17, 15) is 0 Å². The highest BCUT2D eigenvalue weighted by Crippen LogP contribution is 1.85. The van der Waals surface area contributed by atoms with Gasteiger partial charge in [0, 0.05) is 0 Å². The van der Waals surface area contributed by atoms with Crippen LogP contribution in [0.3, 0.4) is 0 Å². The molecule has 1 heterocycles. The van der Waals surface area contributed by atoms with E-state index in [0.29, 0.717) is 6.61 Å². The van der Waals surface area contributed by atoms with Crippen molar-refractivity contribution in [1.29, 1.82) is 0 Å². The van der Waals surface area contributed by atoms with Crippen LogP contribution in [0.4, 0.5) is 0 Å². The lowest BCUT2D eigenvalue weighted by Crippen LogP contribution is -2.05. The maximum absolute atomic E-state index is 4.75. The molecular formula is C4H6NO2. The zero-order valence-electron chi connectivity index (χ0n) is 3.76. The van der Waals surface area contributed by atoms with Crippen molar-refractivity contribution in [3.05, 3.63) is 19.1 Å². The molecule has 39 valence electrons. The van der Waals surface area contributed by atoms with Gasteiger partial charge in [0.05, 0.1) is 6.61 Å². The van der Waals surface area contributed by atoms with Crippen LogP contribution in [0.1, 0.15) is 0 Å². The summed E-state index contributed by atoms with van der Waals surface area (Å²) in [6.45, 7) is 1.97.